The van der Waals surface area contributed by atoms with Gasteiger partial charge in [-0.1, -0.05) is 24.1 Å². The van der Waals surface area contributed by atoms with Crippen molar-refractivity contribution in [2.75, 3.05) is 18.4 Å². The Balaban J connectivity index is 1.68. The molecule has 31 heavy (non-hydrogen) atoms. The fraction of sp³-hybridized carbons (Fsp3) is 0.333. The van der Waals surface area contributed by atoms with Crippen molar-refractivity contribution in [2.45, 2.75) is 37.2 Å². The van der Waals surface area contributed by atoms with Crippen LogP contribution in [0.2, 0.25) is 5.02 Å². The summed E-state index contributed by atoms with van der Waals surface area (Å²) in [6.45, 7) is 2.21. The highest BCUT2D eigenvalue weighted by molar-refractivity contribution is 7.89. The van der Waals surface area contributed by atoms with E-state index in [-0.39, 0.29) is 21.2 Å². The summed E-state index contributed by atoms with van der Waals surface area (Å²) in [6.07, 6.45) is 1.33. The Hall–Kier alpha value is -2.49. The largest absolute Gasteiger partial charge is 0.449 e. The monoisotopic (exact) mass is 468 g/mol. The van der Waals surface area contributed by atoms with Crippen LogP contribution >= 0.6 is 11.6 Å². The van der Waals surface area contributed by atoms with E-state index in [0.29, 0.717) is 13.1 Å². The molecule has 7 nitrogen and oxygen atoms in total. The lowest BCUT2D eigenvalue weighted by molar-refractivity contribution is -0.123. The maximum atomic E-state index is 13.8. The Morgan fingerprint density at radius 3 is 2.52 bits per heavy atom. The van der Waals surface area contributed by atoms with E-state index < -0.39 is 33.8 Å². The normalized spacial score (nSPS) is 15.8. The average Bonchev–Trinajstić information content (AvgIpc) is 2.76. The zero-order valence-electron chi connectivity index (χ0n) is 16.8. The molecule has 0 bridgehead atoms. The molecular formula is C21H22ClFN2O5S. The van der Waals surface area contributed by atoms with Gasteiger partial charge in [0.05, 0.1) is 16.1 Å². The molecule has 1 fully saturated rings. The number of rotatable bonds is 6. The number of anilines is 1. The van der Waals surface area contributed by atoms with Crippen LogP contribution < -0.4 is 5.32 Å². The van der Waals surface area contributed by atoms with Crippen LogP contribution in [0.5, 0.6) is 0 Å². The minimum absolute atomic E-state index is 0.00425. The highest BCUT2D eigenvalue weighted by atomic mass is 35.5. The van der Waals surface area contributed by atoms with Crippen LogP contribution in [-0.4, -0.2) is 43.8 Å². The van der Waals surface area contributed by atoms with E-state index in [1.54, 1.807) is 0 Å². The Kier molecular flexibility index (Phi) is 7.30. The average molecular weight is 469 g/mol. The Bertz CT molecular complexity index is 1090. The van der Waals surface area contributed by atoms with Gasteiger partial charge in [-0.05, 0) is 56.2 Å². The van der Waals surface area contributed by atoms with Gasteiger partial charge in [-0.2, -0.15) is 4.31 Å². The molecule has 1 heterocycles. The molecular weight excluding hydrogens is 447 g/mol. The first-order valence-corrected chi connectivity index (χ1v) is 11.6. The number of ether oxygens (including phenoxy) is 1. The molecule has 2 aromatic rings. The zero-order chi connectivity index (χ0) is 22.6. The molecule has 1 atom stereocenters. The third-order valence-electron chi connectivity index (χ3n) is 4.86. The van der Waals surface area contributed by atoms with E-state index >= 15 is 0 Å². The van der Waals surface area contributed by atoms with Crippen LogP contribution in [0.25, 0.3) is 0 Å². The van der Waals surface area contributed by atoms with E-state index in [1.165, 1.54) is 47.6 Å². The Morgan fingerprint density at radius 1 is 1.13 bits per heavy atom. The van der Waals surface area contributed by atoms with Gasteiger partial charge in [-0.15, -0.1) is 0 Å². The second-order valence-corrected chi connectivity index (χ2v) is 9.53. The number of hydrogen-bond acceptors (Lipinski definition) is 5. The van der Waals surface area contributed by atoms with Crippen LogP contribution in [0.3, 0.4) is 0 Å². The molecule has 1 N–H and O–H groups in total. The molecule has 1 aliphatic rings. The molecule has 0 radical (unpaired) electrons. The summed E-state index contributed by atoms with van der Waals surface area (Å²) in [6, 6.07) is 9.24. The highest BCUT2D eigenvalue weighted by Crippen LogP contribution is 2.22. The summed E-state index contributed by atoms with van der Waals surface area (Å²) in [5.74, 6) is -2.34. The van der Waals surface area contributed by atoms with Crippen LogP contribution in [0.1, 0.15) is 36.5 Å². The van der Waals surface area contributed by atoms with Gasteiger partial charge in [0.15, 0.2) is 6.10 Å². The first kappa shape index (κ1) is 23.2. The first-order chi connectivity index (χ1) is 14.7. The molecule has 1 amide bonds. The number of nitrogens with one attached hydrogen (secondary N) is 1. The third kappa shape index (κ3) is 5.61. The molecule has 1 saturated heterocycles. The summed E-state index contributed by atoms with van der Waals surface area (Å²) >= 11 is 5.68. The van der Waals surface area contributed by atoms with Gasteiger partial charge in [0.1, 0.15) is 5.82 Å². The lowest BCUT2D eigenvalue weighted by atomic mass is 10.2. The van der Waals surface area contributed by atoms with Crippen molar-refractivity contribution in [1.82, 2.24) is 4.31 Å². The molecule has 3 rings (SSSR count). The highest BCUT2D eigenvalue weighted by Gasteiger charge is 2.27. The lowest BCUT2D eigenvalue weighted by Crippen LogP contribution is -2.35. The fourth-order valence-electron chi connectivity index (χ4n) is 3.15. The van der Waals surface area contributed by atoms with Crippen molar-refractivity contribution in [3.05, 3.63) is 58.9 Å². The maximum Gasteiger partial charge on any atom is 0.338 e. The summed E-state index contributed by atoms with van der Waals surface area (Å²) in [5.41, 5.74) is -0.109. The molecule has 2 aromatic carbocycles. The van der Waals surface area contributed by atoms with Crippen molar-refractivity contribution in [3.8, 4) is 0 Å². The van der Waals surface area contributed by atoms with Gasteiger partial charge in [-0.3, -0.25) is 4.79 Å². The standard InChI is InChI=1S/C21H22ClFN2O5S/c1-14(20(26)24-19-9-8-16(22)13-18(19)23)30-21(27)15-6-5-7-17(12-15)31(28,29)25-10-3-2-4-11-25/h5-9,12-14H,2-4,10-11H2,1H3,(H,24,26). The molecule has 0 saturated carbocycles. The van der Waals surface area contributed by atoms with Crippen LogP contribution in [0.15, 0.2) is 47.4 Å². The Labute approximate surface area is 185 Å². The van der Waals surface area contributed by atoms with Gasteiger partial charge in [0, 0.05) is 18.1 Å². The molecule has 166 valence electrons. The third-order valence-corrected chi connectivity index (χ3v) is 6.99. The first-order valence-electron chi connectivity index (χ1n) is 9.75. The minimum Gasteiger partial charge on any atom is -0.449 e. The van der Waals surface area contributed by atoms with Crippen LogP contribution in [0.4, 0.5) is 10.1 Å². The van der Waals surface area contributed by atoms with Crippen molar-refractivity contribution >= 4 is 39.2 Å². The van der Waals surface area contributed by atoms with E-state index in [4.69, 9.17) is 16.3 Å². The smallest absolute Gasteiger partial charge is 0.338 e. The number of amides is 1. The van der Waals surface area contributed by atoms with Gasteiger partial charge in [-0.25, -0.2) is 17.6 Å². The summed E-state index contributed by atoms with van der Waals surface area (Å²) in [4.78, 5) is 24.7. The predicted molar refractivity (Wildman–Crippen MR) is 114 cm³/mol. The number of nitrogens with zero attached hydrogens (tertiary/aromatic N) is 1. The van der Waals surface area contributed by atoms with E-state index in [1.807, 2.05) is 0 Å². The zero-order valence-corrected chi connectivity index (χ0v) is 18.4. The number of carbonyl (C=O) groups is 2. The molecule has 1 unspecified atom stereocenters. The number of benzene rings is 2. The fourth-order valence-corrected chi connectivity index (χ4v) is 4.87. The Morgan fingerprint density at radius 2 is 1.84 bits per heavy atom. The molecule has 0 aromatic heterocycles. The van der Waals surface area contributed by atoms with E-state index in [9.17, 15) is 22.4 Å². The summed E-state index contributed by atoms with van der Waals surface area (Å²) in [5, 5.41) is 2.50. The molecule has 10 heteroatoms. The maximum absolute atomic E-state index is 13.8. The summed E-state index contributed by atoms with van der Waals surface area (Å²) in [7, 11) is -3.72. The number of esters is 1. The second kappa shape index (κ2) is 9.76. The van der Waals surface area contributed by atoms with Crippen molar-refractivity contribution in [1.29, 1.82) is 0 Å². The number of sulfonamides is 1. The molecule has 0 aliphatic carbocycles. The van der Waals surface area contributed by atoms with E-state index in [0.717, 1.165) is 25.3 Å². The number of carbonyl (C=O) groups excluding carboxylic acids is 2. The quantitative estimate of drug-likeness (QED) is 0.650. The van der Waals surface area contributed by atoms with Crippen LogP contribution in [0, 0.1) is 5.82 Å². The SMILES string of the molecule is CC(OC(=O)c1cccc(S(=O)(=O)N2CCCCC2)c1)C(=O)Nc1ccc(Cl)cc1F. The van der Waals surface area contributed by atoms with Gasteiger partial charge < -0.3 is 10.1 Å². The number of piperidine rings is 1. The molecule has 0 spiro atoms. The summed E-state index contributed by atoms with van der Waals surface area (Å²) < 4.78 is 46.0. The van der Waals surface area contributed by atoms with E-state index in [2.05, 4.69) is 5.32 Å². The van der Waals surface area contributed by atoms with Crippen LogP contribution in [-0.2, 0) is 19.6 Å². The minimum atomic E-state index is -3.72. The predicted octanol–water partition coefficient (Wildman–Crippen LogP) is 3.84. The lowest BCUT2D eigenvalue weighted by Gasteiger charge is -2.26. The number of hydrogen-bond donors (Lipinski definition) is 1. The van der Waals surface area contributed by atoms with Crippen molar-refractivity contribution in [2.24, 2.45) is 0 Å². The van der Waals surface area contributed by atoms with Crippen molar-refractivity contribution < 1.29 is 27.1 Å². The number of halogens is 2. The topological polar surface area (TPSA) is 92.8 Å². The second-order valence-electron chi connectivity index (χ2n) is 7.15. The van der Waals surface area contributed by atoms with Crippen molar-refractivity contribution in [3.63, 3.8) is 0 Å². The molecule has 1 aliphatic heterocycles. The van der Waals surface area contributed by atoms with Gasteiger partial charge >= 0.3 is 5.97 Å². The van der Waals surface area contributed by atoms with Gasteiger partial charge in [0.25, 0.3) is 5.91 Å². The van der Waals surface area contributed by atoms with Gasteiger partial charge in [0.2, 0.25) is 10.0 Å².